The van der Waals surface area contributed by atoms with Gasteiger partial charge in [-0.15, -0.1) is 0 Å². The third kappa shape index (κ3) is 2.51. The lowest BCUT2D eigenvalue weighted by molar-refractivity contribution is -0.0280. The van der Waals surface area contributed by atoms with Crippen molar-refractivity contribution in [2.24, 2.45) is 5.92 Å². The first-order chi connectivity index (χ1) is 8.27. The molecule has 2 aliphatic heterocycles. The van der Waals surface area contributed by atoms with Crippen molar-refractivity contribution in [3.8, 4) is 0 Å². The van der Waals surface area contributed by atoms with Gasteiger partial charge in [0, 0.05) is 12.6 Å². The van der Waals surface area contributed by atoms with Crippen LogP contribution in [0, 0.1) is 5.92 Å². The maximum Gasteiger partial charge on any atom is 0.0798 e. The molecule has 0 aromatic carbocycles. The minimum absolute atomic E-state index is 0.405. The number of aliphatic hydroxyl groups is 1. The van der Waals surface area contributed by atoms with Gasteiger partial charge in [0.1, 0.15) is 0 Å². The maximum absolute atomic E-state index is 10.6. The summed E-state index contributed by atoms with van der Waals surface area (Å²) in [5.74, 6) is 0.939. The molecule has 3 nitrogen and oxygen atoms in total. The van der Waals surface area contributed by atoms with Crippen LogP contribution in [-0.2, 0) is 0 Å². The van der Waals surface area contributed by atoms with Crippen molar-refractivity contribution in [3.05, 3.63) is 0 Å². The molecule has 2 unspecified atom stereocenters. The van der Waals surface area contributed by atoms with Gasteiger partial charge < -0.3 is 10.4 Å². The van der Waals surface area contributed by atoms with E-state index >= 15 is 0 Å². The van der Waals surface area contributed by atoms with Gasteiger partial charge in [-0.2, -0.15) is 0 Å². The van der Waals surface area contributed by atoms with E-state index in [1.807, 2.05) is 0 Å². The topological polar surface area (TPSA) is 35.5 Å². The van der Waals surface area contributed by atoms with E-state index in [1.54, 1.807) is 0 Å². The van der Waals surface area contributed by atoms with Gasteiger partial charge in [0.2, 0.25) is 0 Å². The number of nitrogens with one attached hydrogen (secondary N) is 1. The second-order valence-electron chi connectivity index (χ2n) is 6.35. The Hall–Kier alpha value is -0.120. The SMILES string of the molecule is OC1(CN2CCC3CCCCC32)CCNCC1. The molecule has 2 heterocycles. The molecule has 0 amide bonds. The summed E-state index contributed by atoms with van der Waals surface area (Å²) in [6.45, 7) is 4.12. The molecule has 0 aromatic heterocycles. The molecule has 0 radical (unpaired) electrons. The van der Waals surface area contributed by atoms with E-state index in [0.29, 0.717) is 0 Å². The summed E-state index contributed by atoms with van der Waals surface area (Å²) in [5, 5.41) is 14.0. The molecule has 3 rings (SSSR count). The molecule has 2 N–H and O–H groups in total. The Bertz CT molecular complexity index is 263. The molecule has 0 spiro atoms. The van der Waals surface area contributed by atoms with Crippen LogP contribution in [0.25, 0.3) is 0 Å². The van der Waals surface area contributed by atoms with Crippen molar-refractivity contribution in [3.63, 3.8) is 0 Å². The van der Waals surface area contributed by atoms with Crippen LogP contribution in [0.4, 0.5) is 0 Å². The van der Waals surface area contributed by atoms with Crippen molar-refractivity contribution < 1.29 is 5.11 Å². The first-order valence-electron chi connectivity index (χ1n) is 7.44. The average Bonchev–Trinajstić information content (AvgIpc) is 2.73. The fraction of sp³-hybridized carbons (Fsp3) is 1.00. The average molecular weight is 238 g/mol. The summed E-state index contributed by atoms with van der Waals surface area (Å²) in [6, 6.07) is 0.794. The van der Waals surface area contributed by atoms with Crippen LogP contribution in [0.15, 0.2) is 0 Å². The van der Waals surface area contributed by atoms with Gasteiger partial charge in [0.25, 0.3) is 0 Å². The van der Waals surface area contributed by atoms with Gasteiger partial charge in [-0.3, -0.25) is 4.90 Å². The van der Waals surface area contributed by atoms with E-state index in [9.17, 15) is 5.11 Å². The van der Waals surface area contributed by atoms with E-state index in [-0.39, 0.29) is 0 Å². The molecular formula is C14H26N2O. The lowest BCUT2D eigenvalue weighted by Crippen LogP contribution is -2.51. The lowest BCUT2D eigenvalue weighted by atomic mass is 9.84. The standard InChI is InChI=1S/C14H26N2O/c17-14(6-8-15-9-7-14)11-16-10-5-12-3-1-2-4-13(12)16/h12-13,15,17H,1-11H2. The number of fused-ring (bicyclic) bond motifs is 1. The molecule has 2 atom stereocenters. The largest absolute Gasteiger partial charge is 0.388 e. The number of β-amino-alcohol motifs (C(OH)–C–C–N with tert-alkyl or cyclic N) is 1. The van der Waals surface area contributed by atoms with Crippen LogP contribution in [0.3, 0.4) is 0 Å². The van der Waals surface area contributed by atoms with Gasteiger partial charge in [0.05, 0.1) is 5.60 Å². The fourth-order valence-corrected chi connectivity index (χ4v) is 4.13. The van der Waals surface area contributed by atoms with Crippen molar-refractivity contribution in [1.82, 2.24) is 10.2 Å². The summed E-state index contributed by atoms with van der Waals surface area (Å²) < 4.78 is 0. The molecule has 3 aliphatic rings. The van der Waals surface area contributed by atoms with Crippen LogP contribution < -0.4 is 5.32 Å². The minimum atomic E-state index is -0.405. The van der Waals surface area contributed by atoms with E-state index < -0.39 is 5.60 Å². The number of likely N-dealkylation sites (tertiary alicyclic amines) is 1. The van der Waals surface area contributed by atoms with Gasteiger partial charge in [-0.1, -0.05) is 12.8 Å². The predicted octanol–water partition coefficient (Wildman–Crippen LogP) is 1.37. The quantitative estimate of drug-likeness (QED) is 0.762. The van der Waals surface area contributed by atoms with Crippen molar-refractivity contribution >= 4 is 0 Å². The number of rotatable bonds is 2. The van der Waals surface area contributed by atoms with Crippen molar-refractivity contribution in [2.75, 3.05) is 26.2 Å². The smallest absolute Gasteiger partial charge is 0.0798 e. The summed E-state index contributed by atoms with van der Waals surface area (Å²) in [7, 11) is 0. The number of piperidine rings is 1. The van der Waals surface area contributed by atoms with E-state index in [2.05, 4.69) is 10.2 Å². The first kappa shape index (κ1) is 11.9. The predicted molar refractivity (Wildman–Crippen MR) is 69.0 cm³/mol. The summed E-state index contributed by atoms with van der Waals surface area (Å²) in [4.78, 5) is 2.61. The molecule has 1 saturated carbocycles. The van der Waals surface area contributed by atoms with E-state index in [4.69, 9.17) is 0 Å². The second-order valence-corrected chi connectivity index (χ2v) is 6.35. The highest BCUT2D eigenvalue weighted by Crippen LogP contribution is 2.37. The first-order valence-corrected chi connectivity index (χ1v) is 7.44. The number of hydrogen-bond donors (Lipinski definition) is 2. The lowest BCUT2D eigenvalue weighted by Gasteiger charge is -2.39. The van der Waals surface area contributed by atoms with Gasteiger partial charge in [-0.25, -0.2) is 0 Å². The summed E-state index contributed by atoms with van der Waals surface area (Å²) >= 11 is 0. The molecule has 1 aliphatic carbocycles. The minimum Gasteiger partial charge on any atom is -0.388 e. The zero-order valence-corrected chi connectivity index (χ0v) is 10.8. The molecule has 2 saturated heterocycles. The third-order valence-electron chi connectivity index (χ3n) is 5.16. The monoisotopic (exact) mass is 238 g/mol. The number of nitrogens with zero attached hydrogens (tertiary/aromatic N) is 1. The molecule has 17 heavy (non-hydrogen) atoms. The van der Waals surface area contributed by atoms with Crippen LogP contribution in [0.5, 0.6) is 0 Å². The molecule has 98 valence electrons. The molecular weight excluding hydrogens is 212 g/mol. The van der Waals surface area contributed by atoms with Crippen LogP contribution in [0.1, 0.15) is 44.9 Å². The number of hydrogen-bond acceptors (Lipinski definition) is 3. The zero-order valence-electron chi connectivity index (χ0n) is 10.8. The van der Waals surface area contributed by atoms with Crippen molar-refractivity contribution in [2.45, 2.75) is 56.6 Å². The van der Waals surface area contributed by atoms with E-state index in [0.717, 1.165) is 44.4 Å². The Morgan fingerprint density at radius 2 is 1.88 bits per heavy atom. The van der Waals surface area contributed by atoms with Gasteiger partial charge >= 0.3 is 0 Å². The summed E-state index contributed by atoms with van der Waals surface area (Å²) in [6.07, 6.45) is 8.88. The zero-order chi connectivity index (χ0) is 11.7. The van der Waals surface area contributed by atoms with Crippen LogP contribution in [-0.4, -0.2) is 47.8 Å². The Balaban J connectivity index is 1.61. The van der Waals surface area contributed by atoms with Gasteiger partial charge in [-0.05, 0) is 57.7 Å². The third-order valence-corrected chi connectivity index (χ3v) is 5.16. The van der Waals surface area contributed by atoms with Gasteiger partial charge in [0.15, 0.2) is 0 Å². The fourth-order valence-electron chi connectivity index (χ4n) is 4.13. The molecule has 0 aromatic rings. The Morgan fingerprint density at radius 3 is 2.71 bits per heavy atom. The van der Waals surface area contributed by atoms with Crippen molar-refractivity contribution in [1.29, 1.82) is 0 Å². The van der Waals surface area contributed by atoms with E-state index in [1.165, 1.54) is 38.6 Å². The molecule has 3 heteroatoms. The maximum atomic E-state index is 10.6. The normalized spacial score (nSPS) is 37.9. The molecule has 0 bridgehead atoms. The second kappa shape index (κ2) is 4.87. The highest BCUT2D eigenvalue weighted by Gasteiger charge is 2.40. The summed E-state index contributed by atoms with van der Waals surface area (Å²) in [5.41, 5.74) is -0.405. The Morgan fingerprint density at radius 1 is 1.12 bits per heavy atom. The molecule has 3 fully saturated rings. The Labute approximate surface area is 105 Å². The highest BCUT2D eigenvalue weighted by molar-refractivity contribution is 4.95. The Kier molecular flexibility index (Phi) is 3.42. The van der Waals surface area contributed by atoms with Crippen LogP contribution >= 0.6 is 0 Å². The highest BCUT2D eigenvalue weighted by atomic mass is 16.3. The van der Waals surface area contributed by atoms with Crippen LogP contribution in [0.2, 0.25) is 0 Å².